The van der Waals surface area contributed by atoms with E-state index in [1.807, 2.05) is 24.3 Å². The Morgan fingerprint density at radius 3 is 3.00 bits per heavy atom. The van der Waals surface area contributed by atoms with Crippen molar-refractivity contribution in [2.45, 2.75) is 0 Å². The zero-order chi connectivity index (χ0) is 15.4. The van der Waals surface area contributed by atoms with Crippen molar-refractivity contribution in [1.29, 1.82) is 0 Å². The fourth-order valence-electron chi connectivity index (χ4n) is 3.04. The van der Waals surface area contributed by atoms with Crippen molar-refractivity contribution < 1.29 is 0 Å². The van der Waals surface area contributed by atoms with Gasteiger partial charge in [0.1, 0.15) is 17.4 Å². The van der Waals surface area contributed by atoms with Crippen molar-refractivity contribution in [3.8, 4) is 0 Å². The molecule has 0 spiro atoms. The van der Waals surface area contributed by atoms with Gasteiger partial charge in [-0.2, -0.15) is 0 Å². The Balaban J connectivity index is 2.09. The van der Waals surface area contributed by atoms with E-state index in [0.717, 1.165) is 33.2 Å². The predicted molar refractivity (Wildman–Crippen MR) is 88.5 cm³/mol. The van der Waals surface area contributed by atoms with Gasteiger partial charge in [-0.05, 0) is 12.1 Å². The fraction of sp³-hybridized carbons (Fsp3) is 0.0625. The maximum Gasteiger partial charge on any atom is 0.181 e. The SMILES string of the molecule is NN1CC=Cc2c1c1ncccc1c1nc3ncncc3nc21. The summed E-state index contributed by atoms with van der Waals surface area (Å²) in [5, 5.41) is 2.61. The highest BCUT2D eigenvalue weighted by molar-refractivity contribution is 6.14. The predicted octanol–water partition coefficient (Wildman–Crippen LogP) is 1.83. The third-order valence-electron chi connectivity index (χ3n) is 4.02. The highest BCUT2D eigenvalue weighted by Crippen LogP contribution is 2.37. The number of pyridine rings is 1. The molecule has 1 aliphatic heterocycles. The quantitative estimate of drug-likeness (QED) is 0.301. The Hall–Kier alpha value is -3.19. The van der Waals surface area contributed by atoms with E-state index in [2.05, 4.69) is 15.0 Å². The van der Waals surface area contributed by atoms with Crippen molar-refractivity contribution in [2.75, 3.05) is 11.6 Å². The maximum atomic E-state index is 6.19. The van der Waals surface area contributed by atoms with Gasteiger partial charge in [0, 0.05) is 17.1 Å². The highest BCUT2D eigenvalue weighted by atomic mass is 15.4. The first-order valence-corrected chi connectivity index (χ1v) is 7.20. The van der Waals surface area contributed by atoms with E-state index in [-0.39, 0.29) is 0 Å². The van der Waals surface area contributed by atoms with Crippen LogP contribution in [0.4, 0.5) is 5.69 Å². The van der Waals surface area contributed by atoms with Gasteiger partial charge in [0.15, 0.2) is 5.65 Å². The fourth-order valence-corrected chi connectivity index (χ4v) is 3.04. The average molecular weight is 301 g/mol. The third kappa shape index (κ3) is 1.65. The summed E-state index contributed by atoms with van der Waals surface area (Å²) in [6.45, 7) is 0.633. The number of aromatic nitrogens is 5. The molecule has 0 radical (unpaired) electrons. The second kappa shape index (κ2) is 4.40. The number of hydrogen-bond donors (Lipinski definition) is 1. The van der Waals surface area contributed by atoms with Crippen LogP contribution in [-0.2, 0) is 0 Å². The Bertz CT molecular complexity index is 1120. The van der Waals surface area contributed by atoms with Crippen LogP contribution in [0.15, 0.2) is 36.9 Å². The molecule has 0 amide bonds. The second-order valence-electron chi connectivity index (χ2n) is 5.37. The minimum Gasteiger partial charge on any atom is -0.304 e. The Kier molecular flexibility index (Phi) is 2.37. The lowest BCUT2D eigenvalue weighted by molar-refractivity contribution is 0.936. The van der Waals surface area contributed by atoms with E-state index < -0.39 is 0 Å². The van der Waals surface area contributed by atoms with Crippen molar-refractivity contribution in [3.63, 3.8) is 0 Å². The molecule has 7 heteroatoms. The van der Waals surface area contributed by atoms with E-state index in [1.165, 1.54) is 6.33 Å². The summed E-state index contributed by atoms with van der Waals surface area (Å²) in [7, 11) is 0. The minimum atomic E-state index is 0.571. The summed E-state index contributed by atoms with van der Waals surface area (Å²) in [4.78, 5) is 22.2. The molecule has 4 heterocycles. The van der Waals surface area contributed by atoms with E-state index in [4.69, 9.17) is 15.8 Å². The molecular formula is C16H11N7. The van der Waals surface area contributed by atoms with Gasteiger partial charge in [-0.3, -0.25) is 4.98 Å². The highest BCUT2D eigenvalue weighted by Gasteiger charge is 2.21. The number of hydrogen-bond acceptors (Lipinski definition) is 7. The molecule has 0 bridgehead atoms. The minimum absolute atomic E-state index is 0.571. The summed E-state index contributed by atoms with van der Waals surface area (Å²) in [5.41, 5.74) is 5.42. The van der Waals surface area contributed by atoms with Crippen molar-refractivity contribution in [1.82, 2.24) is 24.9 Å². The number of fused-ring (bicyclic) bond motifs is 7. The van der Waals surface area contributed by atoms with Crippen LogP contribution >= 0.6 is 0 Å². The number of benzene rings is 1. The van der Waals surface area contributed by atoms with Gasteiger partial charge in [0.05, 0.1) is 29.5 Å². The lowest BCUT2D eigenvalue weighted by Gasteiger charge is -2.25. The van der Waals surface area contributed by atoms with E-state index in [9.17, 15) is 0 Å². The Labute approximate surface area is 130 Å². The van der Waals surface area contributed by atoms with Crippen molar-refractivity contribution >= 4 is 44.9 Å². The van der Waals surface area contributed by atoms with Crippen LogP contribution in [0.3, 0.4) is 0 Å². The molecule has 0 fully saturated rings. The van der Waals surface area contributed by atoms with Crippen LogP contribution in [0.25, 0.3) is 39.2 Å². The summed E-state index contributed by atoms with van der Waals surface area (Å²) in [5.74, 6) is 6.19. The number of nitrogens with zero attached hydrogens (tertiary/aromatic N) is 6. The molecule has 23 heavy (non-hydrogen) atoms. The monoisotopic (exact) mass is 301 g/mol. The van der Waals surface area contributed by atoms with Gasteiger partial charge in [0.2, 0.25) is 0 Å². The summed E-state index contributed by atoms with van der Waals surface area (Å²) in [6, 6.07) is 3.87. The molecule has 3 aromatic heterocycles. The van der Waals surface area contributed by atoms with Crippen LogP contribution in [-0.4, -0.2) is 31.5 Å². The Morgan fingerprint density at radius 1 is 1.09 bits per heavy atom. The maximum absolute atomic E-state index is 6.19. The third-order valence-corrected chi connectivity index (χ3v) is 4.02. The van der Waals surface area contributed by atoms with E-state index in [1.54, 1.807) is 17.4 Å². The van der Waals surface area contributed by atoms with Crippen LogP contribution in [0.5, 0.6) is 0 Å². The smallest absolute Gasteiger partial charge is 0.181 e. The Morgan fingerprint density at radius 2 is 2.04 bits per heavy atom. The lowest BCUT2D eigenvalue weighted by atomic mass is 10.0. The van der Waals surface area contributed by atoms with Crippen molar-refractivity contribution in [3.05, 3.63) is 42.5 Å². The van der Waals surface area contributed by atoms with Gasteiger partial charge in [-0.15, -0.1) is 0 Å². The van der Waals surface area contributed by atoms with Crippen LogP contribution in [0.1, 0.15) is 5.56 Å². The number of anilines is 1. The van der Waals surface area contributed by atoms with Gasteiger partial charge in [-0.25, -0.2) is 25.8 Å². The second-order valence-corrected chi connectivity index (χ2v) is 5.37. The lowest BCUT2D eigenvalue weighted by Crippen LogP contribution is -2.33. The van der Waals surface area contributed by atoms with Gasteiger partial charge in [-0.1, -0.05) is 12.2 Å². The van der Waals surface area contributed by atoms with Crippen LogP contribution in [0.2, 0.25) is 0 Å². The number of rotatable bonds is 0. The van der Waals surface area contributed by atoms with Crippen LogP contribution in [0, 0.1) is 0 Å². The normalized spacial score (nSPS) is 13.9. The number of nitrogens with two attached hydrogens (primary N) is 1. The molecule has 5 rings (SSSR count). The van der Waals surface area contributed by atoms with Gasteiger partial charge in [0.25, 0.3) is 0 Å². The molecule has 0 saturated carbocycles. The summed E-state index contributed by atoms with van der Waals surface area (Å²) in [6.07, 6.45) is 8.94. The van der Waals surface area contributed by atoms with Crippen molar-refractivity contribution in [2.24, 2.45) is 5.84 Å². The molecule has 0 unspecified atom stereocenters. The standard InChI is InChI=1S/C16H11N7/c17-23-6-2-4-10-13-12(9-3-1-5-19-14(9)15(10)23)22-16-11(21-13)7-18-8-20-16/h1-5,7-8H,6,17H2. The molecule has 1 aliphatic rings. The zero-order valence-corrected chi connectivity index (χ0v) is 12.0. The first kappa shape index (κ1) is 12.4. The molecule has 0 atom stereocenters. The molecule has 1 aromatic carbocycles. The summed E-state index contributed by atoms with van der Waals surface area (Å²) < 4.78 is 0. The summed E-state index contributed by atoms with van der Waals surface area (Å²) >= 11 is 0. The van der Waals surface area contributed by atoms with Crippen LogP contribution < -0.4 is 10.9 Å². The molecule has 7 nitrogen and oxygen atoms in total. The molecule has 0 aliphatic carbocycles. The largest absolute Gasteiger partial charge is 0.304 e. The first-order chi connectivity index (χ1) is 11.3. The number of hydrazine groups is 1. The first-order valence-electron chi connectivity index (χ1n) is 7.20. The molecular weight excluding hydrogens is 290 g/mol. The average Bonchev–Trinajstić information content (AvgIpc) is 2.60. The molecule has 2 N–H and O–H groups in total. The van der Waals surface area contributed by atoms with Gasteiger partial charge >= 0.3 is 0 Å². The molecule has 110 valence electrons. The molecule has 4 aromatic rings. The zero-order valence-electron chi connectivity index (χ0n) is 12.0. The molecule has 0 saturated heterocycles. The topological polar surface area (TPSA) is 93.7 Å². The van der Waals surface area contributed by atoms with Gasteiger partial charge < -0.3 is 5.01 Å². The van der Waals surface area contributed by atoms with E-state index in [0.29, 0.717) is 17.7 Å². The van der Waals surface area contributed by atoms with E-state index >= 15 is 0 Å².